The molecule has 1 aromatic carbocycles. The zero-order chi connectivity index (χ0) is 18.2. The molecule has 25 heavy (non-hydrogen) atoms. The summed E-state index contributed by atoms with van der Waals surface area (Å²) in [6.07, 6.45) is 2.72. The molecular formula is C16H21F2N3O3S. The van der Waals surface area contributed by atoms with Crippen molar-refractivity contribution in [3.05, 3.63) is 29.8 Å². The van der Waals surface area contributed by atoms with Crippen LogP contribution in [0.2, 0.25) is 0 Å². The maximum absolute atomic E-state index is 13.9. The molecule has 3 rings (SSSR count). The zero-order valence-corrected chi connectivity index (χ0v) is 14.5. The number of nitrogens with two attached hydrogens (primary N) is 1. The number of nitrogens with zero attached hydrogens (tertiary/aromatic N) is 2. The molecule has 9 heteroatoms. The van der Waals surface area contributed by atoms with Crippen LogP contribution < -0.4 is 5.73 Å². The van der Waals surface area contributed by atoms with Crippen LogP contribution in [0.15, 0.2) is 23.1 Å². The third-order valence-electron chi connectivity index (χ3n) is 5.03. The lowest BCUT2D eigenvalue weighted by Crippen LogP contribution is -2.51. The lowest BCUT2D eigenvalue weighted by Gasteiger charge is -2.38. The molecule has 1 aromatic rings. The molecule has 2 heterocycles. The van der Waals surface area contributed by atoms with Gasteiger partial charge < -0.3 is 5.73 Å². The van der Waals surface area contributed by atoms with E-state index in [2.05, 4.69) is 4.90 Å². The first-order chi connectivity index (χ1) is 11.8. The van der Waals surface area contributed by atoms with Crippen LogP contribution in [0.1, 0.15) is 25.7 Å². The van der Waals surface area contributed by atoms with Crippen molar-refractivity contribution in [1.29, 1.82) is 0 Å². The number of hydrogen-bond acceptors (Lipinski definition) is 4. The van der Waals surface area contributed by atoms with Crippen molar-refractivity contribution in [2.75, 3.05) is 19.6 Å². The van der Waals surface area contributed by atoms with E-state index in [-0.39, 0.29) is 31.1 Å². The summed E-state index contributed by atoms with van der Waals surface area (Å²) < 4.78 is 53.3. The summed E-state index contributed by atoms with van der Waals surface area (Å²) in [6, 6.07) is 2.26. The van der Waals surface area contributed by atoms with E-state index in [1.165, 1.54) is 4.31 Å². The van der Waals surface area contributed by atoms with Crippen molar-refractivity contribution in [3.8, 4) is 0 Å². The van der Waals surface area contributed by atoms with Gasteiger partial charge in [0.2, 0.25) is 15.9 Å². The summed E-state index contributed by atoms with van der Waals surface area (Å²) in [6.45, 7) is 1.23. The summed E-state index contributed by atoms with van der Waals surface area (Å²) in [5.74, 6) is -2.25. The summed E-state index contributed by atoms with van der Waals surface area (Å²) in [5, 5.41) is 0. The van der Waals surface area contributed by atoms with Crippen LogP contribution in [0.25, 0.3) is 0 Å². The number of carbonyl (C=O) groups excluding carboxylic acids is 1. The van der Waals surface area contributed by atoms with Gasteiger partial charge in [-0.2, -0.15) is 4.31 Å². The number of piperidine rings is 1. The van der Waals surface area contributed by atoms with Gasteiger partial charge in [0.15, 0.2) is 0 Å². The summed E-state index contributed by atoms with van der Waals surface area (Å²) in [4.78, 5) is 13.1. The molecule has 2 N–H and O–H groups in total. The second kappa shape index (κ2) is 6.97. The molecular weight excluding hydrogens is 352 g/mol. The second-order valence-corrected chi connectivity index (χ2v) is 8.41. The Morgan fingerprint density at radius 1 is 1.12 bits per heavy atom. The predicted molar refractivity (Wildman–Crippen MR) is 87.1 cm³/mol. The molecule has 0 aromatic heterocycles. The number of benzene rings is 1. The highest BCUT2D eigenvalue weighted by molar-refractivity contribution is 7.89. The van der Waals surface area contributed by atoms with E-state index in [0.29, 0.717) is 18.9 Å². The Morgan fingerprint density at radius 2 is 1.80 bits per heavy atom. The largest absolute Gasteiger partial charge is 0.368 e. The number of primary amides is 1. The van der Waals surface area contributed by atoms with Gasteiger partial charge in [-0.25, -0.2) is 17.2 Å². The van der Waals surface area contributed by atoms with Crippen molar-refractivity contribution < 1.29 is 22.0 Å². The van der Waals surface area contributed by atoms with E-state index >= 15 is 0 Å². The maximum Gasteiger partial charge on any atom is 0.245 e. The van der Waals surface area contributed by atoms with Crippen LogP contribution in [-0.4, -0.2) is 55.2 Å². The summed E-state index contributed by atoms with van der Waals surface area (Å²) in [7, 11) is -4.00. The minimum Gasteiger partial charge on any atom is -0.368 e. The number of carbonyl (C=O) groups is 1. The Morgan fingerprint density at radius 3 is 2.40 bits per heavy atom. The highest BCUT2D eigenvalue weighted by Crippen LogP contribution is 2.29. The maximum atomic E-state index is 13.9. The third-order valence-corrected chi connectivity index (χ3v) is 6.96. The lowest BCUT2D eigenvalue weighted by molar-refractivity contribution is -0.123. The first kappa shape index (κ1) is 18.2. The Labute approximate surface area is 145 Å². The zero-order valence-electron chi connectivity index (χ0n) is 13.7. The molecule has 6 nitrogen and oxygen atoms in total. The van der Waals surface area contributed by atoms with E-state index in [1.807, 2.05) is 0 Å². The van der Waals surface area contributed by atoms with Crippen LogP contribution in [-0.2, 0) is 14.8 Å². The van der Waals surface area contributed by atoms with Crippen molar-refractivity contribution in [1.82, 2.24) is 9.21 Å². The minimum absolute atomic E-state index is 0.0875. The number of likely N-dealkylation sites (tertiary alicyclic amines) is 1. The van der Waals surface area contributed by atoms with Crippen molar-refractivity contribution >= 4 is 15.9 Å². The van der Waals surface area contributed by atoms with Gasteiger partial charge >= 0.3 is 0 Å². The van der Waals surface area contributed by atoms with Crippen LogP contribution in [0.3, 0.4) is 0 Å². The smallest absolute Gasteiger partial charge is 0.245 e. The first-order valence-corrected chi connectivity index (χ1v) is 9.75. The molecule has 1 atom stereocenters. The van der Waals surface area contributed by atoms with Crippen molar-refractivity contribution in [3.63, 3.8) is 0 Å². The van der Waals surface area contributed by atoms with Crippen molar-refractivity contribution in [2.24, 2.45) is 5.73 Å². The first-order valence-electron chi connectivity index (χ1n) is 8.31. The molecule has 2 saturated heterocycles. The Balaban J connectivity index is 1.70. The van der Waals surface area contributed by atoms with E-state index in [9.17, 15) is 22.0 Å². The molecule has 0 aliphatic carbocycles. The second-order valence-electron chi connectivity index (χ2n) is 6.51. The number of halogens is 2. The van der Waals surface area contributed by atoms with Gasteiger partial charge in [0.25, 0.3) is 0 Å². The fourth-order valence-corrected chi connectivity index (χ4v) is 5.28. The molecule has 0 radical (unpaired) electrons. The fourth-order valence-electron chi connectivity index (χ4n) is 3.77. The molecule has 0 unspecified atom stereocenters. The SMILES string of the molecule is NC(=O)[C@H]1CCCN1C1CCN(S(=O)(=O)c2ccc(F)cc2F)CC1. The van der Waals surface area contributed by atoms with Gasteiger partial charge in [-0.1, -0.05) is 0 Å². The number of sulfonamides is 1. The average molecular weight is 373 g/mol. The van der Waals surface area contributed by atoms with Gasteiger partial charge in [0.1, 0.15) is 16.5 Å². The van der Waals surface area contributed by atoms with E-state index in [4.69, 9.17) is 5.73 Å². The van der Waals surface area contributed by atoms with E-state index < -0.39 is 26.6 Å². The highest BCUT2D eigenvalue weighted by Gasteiger charge is 2.38. The molecule has 0 bridgehead atoms. The standard InChI is InChI=1S/C16H21F2N3O3S/c17-11-3-4-15(13(18)10-11)25(23,24)20-8-5-12(6-9-20)21-7-1-2-14(21)16(19)22/h3-4,10,12,14H,1-2,5-9H2,(H2,19,22)/t14-/m1/s1. The molecule has 0 spiro atoms. The topological polar surface area (TPSA) is 83.7 Å². The van der Waals surface area contributed by atoms with Crippen LogP contribution >= 0.6 is 0 Å². The van der Waals surface area contributed by atoms with Crippen molar-refractivity contribution in [2.45, 2.75) is 42.7 Å². The van der Waals surface area contributed by atoms with Gasteiger partial charge in [-0.3, -0.25) is 9.69 Å². The Bertz CT molecular complexity index is 764. The molecule has 2 fully saturated rings. The quantitative estimate of drug-likeness (QED) is 0.856. The van der Waals surface area contributed by atoms with Gasteiger partial charge in [-0.15, -0.1) is 0 Å². The fraction of sp³-hybridized carbons (Fsp3) is 0.562. The summed E-state index contributed by atoms with van der Waals surface area (Å²) >= 11 is 0. The predicted octanol–water partition coefficient (Wildman–Crippen LogP) is 1.07. The van der Waals surface area contributed by atoms with E-state index in [1.54, 1.807) is 0 Å². The van der Waals surface area contributed by atoms with Gasteiger partial charge in [-0.05, 0) is 44.4 Å². The third kappa shape index (κ3) is 3.54. The van der Waals surface area contributed by atoms with E-state index in [0.717, 1.165) is 31.5 Å². The van der Waals surface area contributed by atoms with Crippen LogP contribution in [0.5, 0.6) is 0 Å². The lowest BCUT2D eigenvalue weighted by atomic mass is 10.0. The molecule has 1 amide bonds. The Kier molecular flexibility index (Phi) is 5.08. The number of hydrogen-bond donors (Lipinski definition) is 1. The van der Waals surface area contributed by atoms with Gasteiger partial charge in [0, 0.05) is 25.2 Å². The highest BCUT2D eigenvalue weighted by atomic mass is 32.2. The number of amides is 1. The minimum atomic E-state index is -4.00. The molecule has 2 aliphatic rings. The average Bonchev–Trinajstić information content (AvgIpc) is 3.04. The van der Waals surface area contributed by atoms with Gasteiger partial charge in [0.05, 0.1) is 6.04 Å². The normalized spacial score (nSPS) is 23.8. The van der Waals surface area contributed by atoms with Crippen LogP contribution in [0, 0.1) is 11.6 Å². The molecule has 138 valence electrons. The monoisotopic (exact) mass is 373 g/mol. The summed E-state index contributed by atoms with van der Waals surface area (Å²) in [5.41, 5.74) is 5.44. The number of rotatable bonds is 4. The molecule has 2 aliphatic heterocycles. The van der Waals surface area contributed by atoms with Crippen LogP contribution in [0.4, 0.5) is 8.78 Å². The Hall–Kier alpha value is -1.58. The molecule has 0 saturated carbocycles.